The van der Waals surface area contributed by atoms with Crippen LogP contribution < -0.4 is 5.32 Å². The minimum atomic E-state index is 0.665. The summed E-state index contributed by atoms with van der Waals surface area (Å²) in [7, 11) is 2.31. The third-order valence-electron chi connectivity index (χ3n) is 3.92. The number of hydrogen-bond donors (Lipinski definition) is 1. The summed E-state index contributed by atoms with van der Waals surface area (Å²) in [5, 5.41) is 3.49. The van der Waals surface area contributed by atoms with Crippen LogP contribution in [0.5, 0.6) is 0 Å². The number of nitrogens with zero attached hydrogens (tertiary/aromatic N) is 1. The van der Waals surface area contributed by atoms with Gasteiger partial charge >= 0.3 is 0 Å². The van der Waals surface area contributed by atoms with Gasteiger partial charge < -0.3 is 10.2 Å². The van der Waals surface area contributed by atoms with E-state index in [4.69, 9.17) is 0 Å². The van der Waals surface area contributed by atoms with E-state index in [0.717, 1.165) is 12.6 Å². The fourth-order valence-corrected chi connectivity index (χ4v) is 2.73. The van der Waals surface area contributed by atoms with Gasteiger partial charge in [0.15, 0.2) is 0 Å². The lowest BCUT2D eigenvalue weighted by Gasteiger charge is -2.28. The van der Waals surface area contributed by atoms with Crippen molar-refractivity contribution in [3.63, 3.8) is 0 Å². The van der Waals surface area contributed by atoms with Crippen LogP contribution in [0.3, 0.4) is 0 Å². The van der Waals surface area contributed by atoms with Crippen molar-refractivity contribution in [2.45, 2.75) is 70.9 Å². The van der Waals surface area contributed by atoms with Crippen LogP contribution in [0.15, 0.2) is 0 Å². The van der Waals surface area contributed by atoms with Crippen LogP contribution >= 0.6 is 0 Å². The van der Waals surface area contributed by atoms with Gasteiger partial charge in [-0.05, 0) is 46.3 Å². The molecule has 1 fully saturated rings. The van der Waals surface area contributed by atoms with E-state index in [-0.39, 0.29) is 0 Å². The lowest BCUT2D eigenvalue weighted by Crippen LogP contribution is -2.36. The van der Waals surface area contributed by atoms with Crippen LogP contribution in [-0.2, 0) is 0 Å². The molecule has 0 amide bonds. The van der Waals surface area contributed by atoms with Gasteiger partial charge in [-0.25, -0.2) is 0 Å². The second-order valence-corrected chi connectivity index (χ2v) is 5.37. The second-order valence-electron chi connectivity index (χ2n) is 5.37. The molecule has 0 aromatic heterocycles. The molecule has 1 aliphatic rings. The zero-order valence-electron chi connectivity index (χ0n) is 11.5. The largest absolute Gasteiger partial charge is 0.314 e. The Morgan fingerprint density at radius 1 is 1.19 bits per heavy atom. The lowest BCUT2D eigenvalue weighted by atomic mass is 10.1. The normalized spacial score (nSPS) is 21.0. The van der Waals surface area contributed by atoms with Crippen LogP contribution in [0.2, 0.25) is 0 Å². The van der Waals surface area contributed by atoms with Gasteiger partial charge in [0.1, 0.15) is 0 Å². The van der Waals surface area contributed by atoms with E-state index in [9.17, 15) is 0 Å². The number of nitrogens with one attached hydrogen (secondary N) is 1. The molecule has 1 atom stereocenters. The molecule has 0 aliphatic heterocycles. The molecule has 0 heterocycles. The van der Waals surface area contributed by atoms with Gasteiger partial charge in [0.2, 0.25) is 0 Å². The summed E-state index contributed by atoms with van der Waals surface area (Å²) in [4.78, 5) is 2.60. The highest BCUT2D eigenvalue weighted by Crippen LogP contribution is 2.21. The van der Waals surface area contributed by atoms with Gasteiger partial charge in [0.25, 0.3) is 0 Å². The van der Waals surface area contributed by atoms with Crippen molar-refractivity contribution < 1.29 is 0 Å². The molecule has 2 heteroatoms. The molecule has 1 N–H and O–H groups in total. The fraction of sp³-hybridized carbons (Fsp3) is 1.00. The molecule has 0 bridgehead atoms. The third kappa shape index (κ3) is 5.31. The minimum Gasteiger partial charge on any atom is -0.314 e. The van der Waals surface area contributed by atoms with Crippen molar-refractivity contribution in [1.82, 2.24) is 10.2 Å². The van der Waals surface area contributed by atoms with Gasteiger partial charge in [-0.15, -0.1) is 0 Å². The van der Waals surface area contributed by atoms with E-state index < -0.39 is 0 Å². The lowest BCUT2D eigenvalue weighted by molar-refractivity contribution is 0.211. The summed E-state index contributed by atoms with van der Waals surface area (Å²) >= 11 is 0. The van der Waals surface area contributed by atoms with Crippen LogP contribution in [-0.4, -0.2) is 37.1 Å². The average molecular weight is 226 g/mol. The van der Waals surface area contributed by atoms with Crippen molar-refractivity contribution in [2.75, 3.05) is 20.1 Å². The number of hydrogen-bond acceptors (Lipinski definition) is 2. The molecule has 96 valence electrons. The zero-order valence-corrected chi connectivity index (χ0v) is 11.5. The molecule has 0 saturated heterocycles. The van der Waals surface area contributed by atoms with E-state index >= 15 is 0 Å². The maximum Gasteiger partial charge on any atom is 0.00922 e. The first kappa shape index (κ1) is 14.0. The van der Waals surface area contributed by atoms with Crippen LogP contribution in [0.25, 0.3) is 0 Å². The van der Waals surface area contributed by atoms with E-state index in [1.54, 1.807) is 0 Å². The third-order valence-corrected chi connectivity index (χ3v) is 3.92. The van der Waals surface area contributed by atoms with Crippen molar-refractivity contribution in [2.24, 2.45) is 0 Å². The van der Waals surface area contributed by atoms with Gasteiger partial charge in [-0.3, -0.25) is 0 Å². The first-order chi connectivity index (χ1) is 7.74. The predicted octanol–water partition coefficient (Wildman–Crippen LogP) is 3.03. The Balaban J connectivity index is 2.19. The summed E-state index contributed by atoms with van der Waals surface area (Å²) in [5.74, 6) is 0. The van der Waals surface area contributed by atoms with Crippen molar-refractivity contribution >= 4 is 0 Å². The predicted molar refractivity (Wildman–Crippen MR) is 71.9 cm³/mol. The molecule has 16 heavy (non-hydrogen) atoms. The topological polar surface area (TPSA) is 15.3 Å². The minimum absolute atomic E-state index is 0.665. The van der Waals surface area contributed by atoms with Crippen LogP contribution in [0, 0.1) is 0 Å². The Labute approximate surface area is 102 Å². The van der Waals surface area contributed by atoms with E-state index in [1.807, 2.05) is 0 Å². The summed E-state index contributed by atoms with van der Waals surface area (Å²) in [5.41, 5.74) is 0. The second kappa shape index (κ2) is 8.08. The highest BCUT2D eigenvalue weighted by Gasteiger charge is 2.16. The monoisotopic (exact) mass is 226 g/mol. The fourth-order valence-electron chi connectivity index (χ4n) is 2.73. The molecule has 0 aromatic rings. The molecule has 1 saturated carbocycles. The molecule has 2 nitrogen and oxygen atoms in total. The average Bonchev–Trinajstić information content (AvgIpc) is 2.55. The smallest absolute Gasteiger partial charge is 0.00922 e. The molecular weight excluding hydrogens is 196 g/mol. The van der Waals surface area contributed by atoms with E-state index in [0.29, 0.717) is 6.04 Å². The van der Waals surface area contributed by atoms with Crippen LogP contribution in [0.4, 0.5) is 0 Å². The summed E-state index contributed by atoms with van der Waals surface area (Å²) in [6, 6.07) is 1.52. The Morgan fingerprint density at radius 2 is 1.81 bits per heavy atom. The Hall–Kier alpha value is -0.0800. The van der Waals surface area contributed by atoms with Gasteiger partial charge in [0, 0.05) is 12.1 Å². The molecular formula is C14H30N2. The molecule has 0 radical (unpaired) electrons. The Bertz CT molecular complexity index is 162. The Morgan fingerprint density at radius 3 is 2.38 bits per heavy atom. The quantitative estimate of drug-likeness (QED) is 0.700. The SMILES string of the molecule is CCNC(C)CCN(C)C1CCCCCC1. The zero-order chi connectivity index (χ0) is 11.8. The maximum atomic E-state index is 3.49. The first-order valence-electron chi connectivity index (χ1n) is 7.17. The highest BCUT2D eigenvalue weighted by molar-refractivity contribution is 4.73. The highest BCUT2D eigenvalue weighted by atomic mass is 15.1. The van der Waals surface area contributed by atoms with Crippen LogP contribution in [0.1, 0.15) is 58.8 Å². The molecule has 0 aromatic carbocycles. The van der Waals surface area contributed by atoms with Gasteiger partial charge in [0.05, 0.1) is 0 Å². The number of rotatable bonds is 6. The van der Waals surface area contributed by atoms with Crippen molar-refractivity contribution in [1.29, 1.82) is 0 Å². The van der Waals surface area contributed by atoms with E-state index in [1.165, 1.54) is 51.5 Å². The summed E-state index contributed by atoms with van der Waals surface area (Å²) in [6.07, 6.45) is 9.92. The van der Waals surface area contributed by atoms with E-state index in [2.05, 4.69) is 31.1 Å². The molecule has 0 spiro atoms. The van der Waals surface area contributed by atoms with Crippen molar-refractivity contribution in [3.05, 3.63) is 0 Å². The van der Waals surface area contributed by atoms with Gasteiger partial charge in [-0.1, -0.05) is 32.6 Å². The molecule has 1 aliphatic carbocycles. The Kier molecular flexibility index (Phi) is 7.06. The first-order valence-corrected chi connectivity index (χ1v) is 7.17. The summed E-state index contributed by atoms with van der Waals surface area (Å²) in [6.45, 7) is 6.82. The summed E-state index contributed by atoms with van der Waals surface area (Å²) < 4.78 is 0. The van der Waals surface area contributed by atoms with Crippen molar-refractivity contribution in [3.8, 4) is 0 Å². The standard InChI is InChI=1S/C14H30N2/c1-4-15-13(2)11-12-16(3)14-9-7-5-6-8-10-14/h13-15H,4-12H2,1-3H3. The molecule has 1 unspecified atom stereocenters. The maximum absolute atomic E-state index is 3.49. The van der Waals surface area contributed by atoms with Gasteiger partial charge in [-0.2, -0.15) is 0 Å². The molecule has 1 rings (SSSR count).